The zero-order valence-electron chi connectivity index (χ0n) is 13.2. The maximum absolute atomic E-state index is 11.8. The Labute approximate surface area is 120 Å². The average molecular weight is 286 g/mol. The topological polar surface area (TPSA) is 95.5 Å². The standard InChI is InChI=1S/C14H26N2O4/c1-9(2)14(6,12(19)20)7-10(17)15-8-11(18)16-13(3,4)5/h9H,7-8H2,1-6H3,(H,15,17)(H,16,18)(H,19,20). The van der Waals surface area contributed by atoms with Gasteiger partial charge in [-0.25, -0.2) is 0 Å². The zero-order chi connectivity index (χ0) is 16.1. The minimum absolute atomic E-state index is 0.149. The van der Waals surface area contributed by atoms with E-state index < -0.39 is 17.3 Å². The predicted molar refractivity (Wildman–Crippen MR) is 76.1 cm³/mol. The summed E-state index contributed by atoms with van der Waals surface area (Å²) >= 11 is 0. The van der Waals surface area contributed by atoms with Crippen molar-refractivity contribution >= 4 is 17.8 Å². The Morgan fingerprint density at radius 3 is 1.90 bits per heavy atom. The van der Waals surface area contributed by atoms with E-state index in [0.29, 0.717) is 0 Å². The summed E-state index contributed by atoms with van der Waals surface area (Å²) in [6, 6.07) is 0. The molecule has 6 heteroatoms. The molecule has 0 aromatic rings. The molecule has 2 amide bonds. The molecular formula is C14H26N2O4. The highest BCUT2D eigenvalue weighted by molar-refractivity contribution is 5.88. The molecule has 20 heavy (non-hydrogen) atoms. The molecule has 1 unspecified atom stereocenters. The van der Waals surface area contributed by atoms with Gasteiger partial charge in [0.05, 0.1) is 12.0 Å². The van der Waals surface area contributed by atoms with Crippen molar-refractivity contribution in [2.45, 2.75) is 53.5 Å². The molecule has 6 nitrogen and oxygen atoms in total. The average Bonchev–Trinajstić information content (AvgIpc) is 2.23. The van der Waals surface area contributed by atoms with Crippen molar-refractivity contribution in [3.8, 4) is 0 Å². The Hall–Kier alpha value is -1.59. The van der Waals surface area contributed by atoms with Crippen LogP contribution in [0.2, 0.25) is 0 Å². The smallest absolute Gasteiger partial charge is 0.310 e. The molecule has 0 saturated carbocycles. The van der Waals surface area contributed by atoms with E-state index in [1.807, 2.05) is 20.8 Å². The molecule has 0 bridgehead atoms. The second kappa shape index (κ2) is 6.72. The zero-order valence-corrected chi connectivity index (χ0v) is 13.2. The van der Waals surface area contributed by atoms with E-state index in [4.69, 9.17) is 0 Å². The number of amides is 2. The van der Waals surface area contributed by atoms with Gasteiger partial charge in [0.1, 0.15) is 0 Å². The van der Waals surface area contributed by atoms with Crippen molar-refractivity contribution in [3.63, 3.8) is 0 Å². The third-order valence-electron chi connectivity index (χ3n) is 3.25. The molecule has 0 fully saturated rings. The number of hydrogen-bond acceptors (Lipinski definition) is 3. The van der Waals surface area contributed by atoms with Crippen molar-refractivity contribution in [2.24, 2.45) is 11.3 Å². The minimum Gasteiger partial charge on any atom is -0.481 e. The van der Waals surface area contributed by atoms with Gasteiger partial charge in [-0.3, -0.25) is 14.4 Å². The first-order valence-electron chi connectivity index (χ1n) is 6.69. The largest absolute Gasteiger partial charge is 0.481 e. The predicted octanol–water partition coefficient (Wildman–Crippen LogP) is 1.15. The Bertz CT molecular complexity index is 385. The van der Waals surface area contributed by atoms with E-state index in [2.05, 4.69) is 10.6 Å². The van der Waals surface area contributed by atoms with Crippen LogP contribution in [-0.4, -0.2) is 35.0 Å². The van der Waals surface area contributed by atoms with Gasteiger partial charge in [-0.05, 0) is 33.6 Å². The molecule has 116 valence electrons. The second-order valence-corrected chi connectivity index (χ2v) is 6.63. The monoisotopic (exact) mass is 286 g/mol. The fraction of sp³-hybridized carbons (Fsp3) is 0.786. The van der Waals surface area contributed by atoms with Gasteiger partial charge >= 0.3 is 5.97 Å². The highest BCUT2D eigenvalue weighted by Gasteiger charge is 2.38. The van der Waals surface area contributed by atoms with Gasteiger partial charge in [0.15, 0.2) is 0 Å². The molecular weight excluding hydrogens is 260 g/mol. The van der Waals surface area contributed by atoms with Gasteiger partial charge in [0.2, 0.25) is 11.8 Å². The van der Waals surface area contributed by atoms with Crippen LogP contribution >= 0.6 is 0 Å². The number of rotatable bonds is 6. The van der Waals surface area contributed by atoms with E-state index in [1.54, 1.807) is 13.8 Å². The number of aliphatic carboxylic acids is 1. The highest BCUT2D eigenvalue weighted by atomic mass is 16.4. The van der Waals surface area contributed by atoms with Gasteiger partial charge in [0.25, 0.3) is 0 Å². The number of carboxylic acid groups (broad SMARTS) is 1. The van der Waals surface area contributed by atoms with Crippen LogP contribution in [0, 0.1) is 11.3 Å². The van der Waals surface area contributed by atoms with Crippen molar-refractivity contribution in [1.82, 2.24) is 10.6 Å². The highest BCUT2D eigenvalue weighted by Crippen LogP contribution is 2.31. The maximum Gasteiger partial charge on any atom is 0.310 e. The molecule has 0 radical (unpaired) electrons. The summed E-state index contributed by atoms with van der Waals surface area (Å²) in [5.74, 6) is -1.93. The van der Waals surface area contributed by atoms with Crippen LogP contribution in [0.15, 0.2) is 0 Å². The van der Waals surface area contributed by atoms with Crippen LogP contribution < -0.4 is 10.6 Å². The van der Waals surface area contributed by atoms with E-state index in [-0.39, 0.29) is 30.3 Å². The lowest BCUT2D eigenvalue weighted by Crippen LogP contribution is -2.47. The normalized spacial score (nSPS) is 14.6. The number of nitrogens with one attached hydrogen (secondary N) is 2. The Balaban J connectivity index is 4.44. The lowest BCUT2D eigenvalue weighted by atomic mass is 9.76. The Kier molecular flexibility index (Phi) is 6.19. The van der Waals surface area contributed by atoms with Gasteiger partial charge in [-0.15, -0.1) is 0 Å². The molecule has 3 N–H and O–H groups in total. The molecule has 0 heterocycles. The van der Waals surface area contributed by atoms with E-state index in [0.717, 1.165) is 0 Å². The van der Waals surface area contributed by atoms with Crippen molar-refractivity contribution in [2.75, 3.05) is 6.54 Å². The van der Waals surface area contributed by atoms with Crippen LogP contribution in [0.4, 0.5) is 0 Å². The molecule has 1 atom stereocenters. The van der Waals surface area contributed by atoms with E-state index in [1.165, 1.54) is 6.92 Å². The summed E-state index contributed by atoms with van der Waals surface area (Å²) in [5.41, 5.74) is -1.50. The molecule has 0 aliphatic rings. The lowest BCUT2D eigenvalue weighted by molar-refractivity contribution is -0.153. The van der Waals surface area contributed by atoms with Gasteiger partial charge in [-0.1, -0.05) is 13.8 Å². The van der Waals surface area contributed by atoms with Crippen molar-refractivity contribution in [1.29, 1.82) is 0 Å². The first-order chi connectivity index (χ1) is 8.88. The Morgan fingerprint density at radius 1 is 1.05 bits per heavy atom. The summed E-state index contributed by atoms with van der Waals surface area (Å²) in [5, 5.41) is 14.4. The van der Waals surface area contributed by atoms with Crippen LogP contribution in [0.25, 0.3) is 0 Å². The fourth-order valence-corrected chi connectivity index (χ4v) is 1.56. The Morgan fingerprint density at radius 2 is 1.55 bits per heavy atom. The lowest BCUT2D eigenvalue weighted by Gasteiger charge is -2.28. The molecule has 0 rings (SSSR count). The van der Waals surface area contributed by atoms with Crippen LogP contribution in [0.5, 0.6) is 0 Å². The van der Waals surface area contributed by atoms with E-state index in [9.17, 15) is 19.5 Å². The number of carbonyl (C=O) groups is 3. The summed E-state index contributed by atoms with van der Waals surface area (Å²) in [6.07, 6.45) is -0.150. The molecule has 0 aromatic carbocycles. The molecule has 0 spiro atoms. The second-order valence-electron chi connectivity index (χ2n) is 6.63. The third kappa shape index (κ3) is 6.04. The first-order valence-corrected chi connectivity index (χ1v) is 6.69. The number of carboxylic acids is 1. The summed E-state index contributed by atoms with van der Waals surface area (Å²) in [7, 11) is 0. The fourth-order valence-electron chi connectivity index (χ4n) is 1.56. The van der Waals surface area contributed by atoms with Crippen LogP contribution in [-0.2, 0) is 14.4 Å². The SMILES string of the molecule is CC(C)C(C)(CC(=O)NCC(=O)NC(C)(C)C)C(=O)O. The van der Waals surface area contributed by atoms with Crippen molar-refractivity contribution in [3.05, 3.63) is 0 Å². The third-order valence-corrected chi connectivity index (χ3v) is 3.25. The molecule has 0 aromatic heterocycles. The van der Waals surface area contributed by atoms with Crippen molar-refractivity contribution < 1.29 is 19.5 Å². The van der Waals surface area contributed by atoms with Crippen LogP contribution in [0.3, 0.4) is 0 Å². The summed E-state index contributed by atoms with van der Waals surface area (Å²) in [4.78, 5) is 34.6. The number of carbonyl (C=O) groups excluding carboxylic acids is 2. The van der Waals surface area contributed by atoms with E-state index >= 15 is 0 Å². The summed E-state index contributed by atoms with van der Waals surface area (Å²) in [6.45, 7) is 10.4. The molecule has 0 saturated heterocycles. The molecule has 0 aliphatic carbocycles. The van der Waals surface area contributed by atoms with Gasteiger partial charge in [0, 0.05) is 12.0 Å². The first kappa shape index (κ1) is 18.4. The van der Waals surface area contributed by atoms with Crippen LogP contribution in [0.1, 0.15) is 48.0 Å². The number of hydrogen-bond donors (Lipinski definition) is 3. The molecule has 0 aliphatic heterocycles. The summed E-state index contributed by atoms with van der Waals surface area (Å²) < 4.78 is 0. The maximum atomic E-state index is 11.8. The minimum atomic E-state index is -1.13. The van der Waals surface area contributed by atoms with Gasteiger partial charge < -0.3 is 15.7 Å². The quantitative estimate of drug-likeness (QED) is 0.682. The van der Waals surface area contributed by atoms with Gasteiger partial charge in [-0.2, -0.15) is 0 Å².